The number of hydrogen-bond donors (Lipinski definition) is 2. The predicted octanol–water partition coefficient (Wildman–Crippen LogP) is 3.44. The summed E-state index contributed by atoms with van der Waals surface area (Å²) in [5.74, 6) is 0.231. The molecule has 2 aromatic heterocycles. The largest absolute Gasteiger partial charge is 0.373 e. The quantitative estimate of drug-likeness (QED) is 0.682. The topological polar surface area (TPSA) is 84.2 Å². The Bertz CT molecular complexity index is 1030. The lowest BCUT2D eigenvalue weighted by atomic mass is 9.62. The third-order valence-electron chi connectivity index (χ3n) is 7.06. The van der Waals surface area contributed by atoms with Gasteiger partial charge in [-0.25, -0.2) is 0 Å². The molecule has 2 aliphatic rings. The number of piperidine rings is 1. The van der Waals surface area contributed by atoms with Gasteiger partial charge in [-0.3, -0.25) is 14.7 Å². The van der Waals surface area contributed by atoms with E-state index in [2.05, 4.69) is 45.2 Å². The molecule has 6 nitrogen and oxygen atoms in total. The van der Waals surface area contributed by atoms with Crippen LogP contribution < -0.4 is 5.73 Å². The molecule has 1 saturated carbocycles. The molecule has 5 rings (SSSR count). The van der Waals surface area contributed by atoms with Crippen molar-refractivity contribution in [3.8, 4) is 0 Å². The van der Waals surface area contributed by atoms with Crippen LogP contribution in [-0.2, 0) is 16.9 Å². The number of pyridine rings is 1. The van der Waals surface area contributed by atoms with Gasteiger partial charge < -0.3 is 15.5 Å². The number of hydrogen-bond acceptors (Lipinski definition) is 4. The van der Waals surface area contributed by atoms with E-state index in [1.54, 1.807) is 6.20 Å². The summed E-state index contributed by atoms with van der Waals surface area (Å²) in [6.45, 7) is 2.84. The second-order valence-corrected chi connectivity index (χ2v) is 8.69. The normalized spacial score (nSPS) is 26.7. The first-order valence-electron chi connectivity index (χ1n) is 10.7. The van der Waals surface area contributed by atoms with Gasteiger partial charge in [-0.05, 0) is 48.1 Å². The molecule has 1 aliphatic carbocycles. The SMILES string of the molecule is CO[C@]1(c2ccnc(C(N)=O)c2)[C@@H]2CCC[C@H]1CN(Cc1cc3ccccc3[nH]1)C2. The highest BCUT2D eigenvalue weighted by Crippen LogP contribution is 2.51. The second kappa shape index (κ2) is 7.52. The van der Waals surface area contributed by atoms with Crippen molar-refractivity contribution in [2.45, 2.75) is 31.4 Å². The summed E-state index contributed by atoms with van der Waals surface area (Å²) >= 11 is 0. The zero-order valence-electron chi connectivity index (χ0n) is 17.3. The summed E-state index contributed by atoms with van der Waals surface area (Å²) < 4.78 is 6.30. The fourth-order valence-corrected chi connectivity index (χ4v) is 5.84. The predicted molar refractivity (Wildman–Crippen MR) is 116 cm³/mol. The number of methoxy groups -OCH3 is 1. The van der Waals surface area contributed by atoms with Crippen LogP contribution in [0.25, 0.3) is 10.9 Å². The fraction of sp³-hybridized carbons (Fsp3) is 0.417. The Morgan fingerprint density at radius 1 is 1.23 bits per heavy atom. The number of nitrogens with one attached hydrogen (secondary N) is 1. The van der Waals surface area contributed by atoms with E-state index < -0.39 is 5.91 Å². The first-order chi connectivity index (χ1) is 14.6. The number of primary amides is 1. The van der Waals surface area contributed by atoms with Gasteiger partial charge in [-0.15, -0.1) is 0 Å². The first-order valence-corrected chi connectivity index (χ1v) is 10.7. The maximum atomic E-state index is 11.7. The highest BCUT2D eigenvalue weighted by Gasteiger charge is 2.53. The summed E-state index contributed by atoms with van der Waals surface area (Å²) in [6.07, 6.45) is 5.13. The maximum Gasteiger partial charge on any atom is 0.267 e. The first kappa shape index (κ1) is 19.3. The number of likely N-dealkylation sites (tertiary alicyclic amines) is 1. The van der Waals surface area contributed by atoms with Crippen molar-refractivity contribution in [1.29, 1.82) is 0 Å². The van der Waals surface area contributed by atoms with Gasteiger partial charge in [0.15, 0.2) is 0 Å². The Morgan fingerprint density at radius 2 is 2.00 bits per heavy atom. The smallest absolute Gasteiger partial charge is 0.267 e. The van der Waals surface area contributed by atoms with Crippen molar-refractivity contribution in [3.05, 3.63) is 65.6 Å². The number of para-hydroxylation sites is 1. The fourth-order valence-electron chi connectivity index (χ4n) is 5.84. The van der Waals surface area contributed by atoms with Crippen LogP contribution in [0.3, 0.4) is 0 Å². The molecular formula is C24H28N4O2. The van der Waals surface area contributed by atoms with Gasteiger partial charge >= 0.3 is 0 Å². The summed E-state index contributed by atoms with van der Waals surface area (Å²) in [6, 6.07) is 14.5. The van der Waals surface area contributed by atoms with Crippen LogP contribution in [0.1, 0.15) is 41.0 Å². The molecule has 1 amide bonds. The minimum absolute atomic E-state index is 0.308. The average Bonchev–Trinajstić information content (AvgIpc) is 3.15. The Hall–Kier alpha value is -2.70. The lowest BCUT2D eigenvalue weighted by Crippen LogP contribution is -2.58. The van der Waals surface area contributed by atoms with Gasteiger partial charge in [0, 0.05) is 56.0 Å². The van der Waals surface area contributed by atoms with Gasteiger partial charge in [0.1, 0.15) is 11.3 Å². The number of ether oxygens (including phenoxy) is 1. The number of nitrogens with zero attached hydrogens (tertiary/aromatic N) is 2. The molecule has 3 heterocycles. The van der Waals surface area contributed by atoms with E-state index >= 15 is 0 Å². The van der Waals surface area contributed by atoms with Crippen molar-refractivity contribution in [3.63, 3.8) is 0 Å². The van der Waals surface area contributed by atoms with Crippen LogP contribution in [0.15, 0.2) is 48.7 Å². The van der Waals surface area contributed by atoms with Crippen molar-refractivity contribution in [1.82, 2.24) is 14.9 Å². The van der Waals surface area contributed by atoms with Crippen LogP contribution in [0.2, 0.25) is 0 Å². The molecule has 30 heavy (non-hydrogen) atoms. The van der Waals surface area contributed by atoms with Crippen LogP contribution in [-0.4, -0.2) is 41.0 Å². The molecule has 0 radical (unpaired) electrons. The molecule has 1 saturated heterocycles. The van der Waals surface area contributed by atoms with E-state index in [0.29, 0.717) is 17.5 Å². The molecule has 2 fully saturated rings. The molecule has 6 heteroatoms. The lowest BCUT2D eigenvalue weighted by molar-refractivity contribution is -0.170. The number of fused-ring (bicyclic) bond motifs is 3. The highest BCUT2D eigenvalue weighted by atomic mass is 16.5. The molecule has 1 aliphatic heterocycles. The summed E-state index contributed by atoms with van der Waals surface area (Å²) in [4.78, 5) is 22.0. The summed E-state index contributed by atoms with van der Waals surface area (Å²) in [5, 5.41) is 1.26. The van der Waals surface area contributed by atoms with Crippen molar-refractivity contribution in [2.75, 3.05) is 20.2 Å². The molecule has 3 aromatic rings. The zero-order valence-corrected chi connectivity index (χ0v) is 17.3. The van der Waals surface area contributed by atoms with E-state index in [1.807, 2.05) is 19.2 Å². The van der Waals surface area contributed by atoms with E-state index in [-0.39, 0.29) is 5.60 Å². The number of aromatic amines is 1. The Kier molecular flexibility index (Phi) is 4.83. The van der Waals surface area contributed by atoms with Gasteiger partial charge in [0.2, 0.25) is 0 Å². The lowest BCUT2D eigenvalue weighted by Gasteiger charge is -2.55. The van der Waals surface area contributed by atoms with E-state index in [9.17, 15) is 4.79 Å². The van der Waals surface area contributed by atoms with Crippen molar-refractivity contribution < 1.29 is 9.53 Å². The van der Waals surface area contributed by atoms with Crippen LogP contribution in [0.4, 0.5) is 0 Å². The number of H-pyrrole nitrogens is 1. The van der Waals surface area contributed by atoms with Gasteiger partial charge in [0.25, 0.3) is 5.91 Å². The Labute approximate surface area is 176 Å². The standard InChI is InChI=1S/C24H28N4O2/c1-30-24(17-9-10-26-22(12-17)23(25)29)18-6-4-7-19(24)14-28(13-18)15-20-11-16-5-2-3-8-21(16)27-20/h2-3,5,8-12,18-19,27H,4,6-7,13-15H2,1H3,(H2,25,29)/t18-,19+,24-. The number of nitrogens with two attached hydrogens (primary N) is 1. The number of benzene rings is 1. The van der Waals surface area contributed by atoms with Crippen molar-refractivity contribution in [2.24, 2.45) is 17.6 Å². The zero-order chi connectivity index (χ0) is 20.7. The Morgan fingerprint density at radius 3 is 2.70 bits per heavy atom. The molecule has 0 spiro atoms. The third-order valence-corrected chi connectivity index (χ3v) is 7.06. The minimum Gasteiger partial charge on any atom is -0.373 e. The minimum atomic E-state index is -0.496. The highest BCUT2D eigenvalue weighted by molar-refractivity contribution is 5.90. The molecule has 3 N–H and O–H groups in total. The monoisotopic (exact) mass is 404 g/mol. The van der Waals surface area contributed by atoms with Gasteiger partial charge in [0.05, 0.1) is 0 Å². The molecular weight excluding hydrogens is 376 g/mol. The summed E-state index contributed by atoms with van der Waals surface area (Å²) in [5.41, 5.74) is 8.89. The van der Waals surface area contributed by atoms with Crippen molar-refractivity contribution >= 4 is 16.8 Å². The third kappa shape index (κ3) is 3.11. The molecule has 156 valence electrons. The van der Waals surface area contributed by atoms with Gasteiger partial charge in [-0.2, -0.15) is 0 Å². The van der Waals surface area contributed by atoms with E-state index in [0.717, 1.165) is 38.0 Å². The number of aromatic nitrogens is 2. The van der Waals surface area contributed by atoms with Gasteiger partial charge in [-0.1, -0.05) is 24.6 Å². The number of carbonyl (C=O) groups excluding carboxylic acids is 1. The second-order valence-electron chi connectivity index (χ2n) is 8.69. The summed E-state index contributed by atoms with van der Waals surface area (Å²) in [7, 11) is 1.81. The molecule has 0 unspecified atom stereocenters. The molecule has 1 aromatic carbocycles. The van der Waals surface area contributed by atoms with E-state index in [4.69, 9.17) is 10.5 Å². The average molecular weight is 405 g/mol. The molecule has 3 atom stereocenters. The number of carbonyl (C=O) groups is 1. The number of rotatable bonds is 5. The number of amides is 1. The molecule has 2 bridgehead atoms. The maximum absolute atomic E-state index is 11.7. The van der Waals surface area contributed by atoms with Crippen LogP contribution in [0, 0.1) is 11.8 Å². The van der Waals surface area contributed by atoms with Crippen LogP contribution >= 0.6 is 0 Å². The van der Waals surface area contributed by atoms with Crippen LogP contribution in [0.5, 0.6) is 0 Å². The van der Waals surface area contributed by atoms with E-state index in [1.165, 1.54) is 23.0 Å². The Balaban J connectivity index is 1.44.